The van der Waals surface area contributed by atoms with Crippen molar-refractivity contribution in [2.24, 2.45) is 0 Å². The van der Waals surface area contributed by atoms with Gasteiger partial charge in [0.15, 0.2) is 0 Å². The molecule has 0 aromatic heterocycles. The molecule has 6 heteroatoms. The molecule has 1 aromatic carbocycles. The van der Waals surface area contributed by atoms with E-state index in [0.29, 0.717) is 18.9 Å². The van der Waals surface area contributed by atoms with Gasteiger partial charge in [-0.05, 0) is 31.2 Å². The van der Waals surface area contributed by atoms with Gasteiger partial charge in [0.05, 0.1) is 5.56 Å². The maximum Gasteiger partial charge on any atom is 0.335 e. The highest BCUT2D eigenvalue weighted by atomic mass is 32.2. The normalized spacial score (nSPS) is 13.7. The molecule has 0 fully saturated rings. The summed E-state index contributed by atoms with van der Waals surface area (Å²) in [5.41, 5.74) is 0.217. The van der Waals surface area contributed by atoms with E-state index in [4.69, 9.17) is 9.84 Å². The van der Waals surface area contributed by atoms with Crippen LogP contribution in [0, 0.1) is 0 Å². The summed E-state index contributed by atoms with van der Waals surface area (Å²) in [6.45, 7) is 3.89. The van der Waals surface area contributed by atoms with E-state index < -0.39 is 16.8 Å². The first-order chi connectivity index (χ1) is 9.50. The Kier molecular flexibility index (Phi) is 7.25. The molecule has 112 valence electrons. The number of nitrogens with one attached hydrogen (secondary N) is 1. The number of ether oxygens (including phenoxy) is 1. The van der Waals surface area contributed by atoms with Crippen molar-refractivity contribution >= 4 is 16.8 Å². The molecule has 2 atom stereocenters. The Bertz CT molecular complexity index is 464. The van der Waals surface area contributed by atoms with Crippen molar-refractivity contribution in [2.75, 3.05) is 26.0 Å². The molecule has 5 nitrogen and oxygen atoms in total. The Balaban J connectivity index is 2.20. The van der Waals surface area contributed by atoms with Crippen molar-refractivity contribution in [2.45, 2.75) is 18.6 Å². The highest BCUT2D eigenvalue weighted by molar-refractivity contribution is 7.84. The Morgan fingerprint density at radius 3 is 2.85 bits per heavy atom. The van der Waals surface area contributed by atoms with Crippen LogP contribution < -0.4 is 10.1 Å². The first-order valence-corrected chi connectivity index (χ1v) is 8.12. The smallest absolute Gasteiger partial charge is 0.335 e. The lowest BCUT2D eigenvalue weighted by Gasteiger charge is -2.10. The fraction of sp³-hybridized carbons (Fsp3) is 0.500. The predicted molar refractivity (Wildman–Crippen MR) is 79.9 cm³/mol. The SMILES string of the molecule is CC(CCNCCOc1cccc(C(=O)O)c1)S(C)=O. The first kappa shape index (κ1) is 16.7. The van der Waals surface area contributed by atoms with Crippen LogP contribution in [-0.4, -0.2) is 46.5 Å². The number of rotatable bonds is 9. The summed E-state index contributed by atoms with van der Waals surface area (Å²) in [5, 5.41) is 12.2. The fourth-order valence-electron chi connectivity index (χ4n) is 1.56. The van der Waals surface area contributed by atoms with Crippen molar-refractivity contribution in [3.05, 3.63) is 29.8 Å². The Hall–Kier alpha value is -1.40. The molecule has 20 heavy (non-hydrogen) atoms. The van der Waals surface area contributed by atoms with Gasteiger partial charge in [0.25, 0.3) is 0 Å². The lowest BCUT2D eigenvalue weighted by atomic mass is 10.2. The summed E-state index contributed by atoms with van der Waals surface area (Å²) in [7, 11) is -0.781. The van der Waals surface area contributed by atoms with Gasteiger partial charge in [0.2, 0.25) is 0 Å². The number of hydrogen-bond acceptors (Lipinski definition) is 4. The number of aromatic carboxylic acids is 1. The summed E-state index contributed by atoms with van der Waals surface area (Å²) >= 11 is 0. The zero-order valence-corrected chi connectivity index (χ0v) is 12.6. The van der Waals surface area contributed by atoms with Crippen LogP contribution >= 0.6 is 0 Å². The second-order valence-electron chi connectivity index (χ2n) is 4.53. The van der Waals surface area contributed by atoms with E-state index in [1.54, 1.807) is 18.4 Å². The lowest BCUT2D eigenvalue weighted by Crippen LogP contribution is -2.25. The minimum Gasteiger partial charge on any atom is -0.492 e. The van der Waals surface area contributed by atoms with Crippen molar-refractivity contribution < 1.29 is 18.8 Å². The average Bonchev–Trinajstić information content (AvgIpc) is 2.42. The van der Waals surface area contributed by atoms with E-state index in [1.807, 2.05) is 6.92 Å². The fourth-order valence-corrected chi connectivity index (χ4v) is 2.01. The van der Waals surface area contributed by atoms with Gasteiger partial charge in [-0.3, -0.25) is 4.21 Å². The minimum absolute atomic E-state index is 0.190. The van der Waals surface area contributed by atoms with Gasteiger partial charge in [-0.1, -0.05) is 13.0 Å². The highest BCUT2D eigenvalue weighted by Crippen LogP contribution is 2.12. The Labute approximate surface area is 121 Å². The third-order valence-electron chi connectivity index (χ3n) is 2.92. The zero-order chi connectivity index (χ0) is 15.0. The van der Waals surface area contributed by atoms with Crippen LogP contribution in [0.1, 0.15) is 23.7 Å². The molecule has 0 saturated heterocycles. The summed E-state index contributed by atoms with van der Waals surface area (Å²) in [6, 6.07) is 6.42. The number of benzene rings is 1. The monoisotopic (exact) mass is 299 g/mol. The van der Waals surface area contributed by atoms with Gasteiger partial charge in [-0.2, -0.15) is 0 Å². The first-order valence-electron chi connectivity index (χ1n) is 6.50. The lowest BCUT2D eigenvalue weighted by molar-refractivity contribution is 0.0696. The van der Waals surface area contributed by atoms with Crippen molar-refractivity contribution in [1.82, 2.24) is 5.32 Å². The van der Waals surface area contributed by atoms with Crippen LogP contribution in [0.15, 0.2) is 24.3 Å². The molecule has 0 radical (unpaired) electrons. The van der Waals surface area contributed by atoms with E-state index in [0.717, 1.165) is 13.0 Å². The Morgan fingerprint density at radius 2 is 2.20 bits per heavy atom. The standard InChI is InChI=1S/C14H21NO4S/c1-11(20(2)18)6-7-15-8-9-19-13-5-3-4-12(10-13)14(16)17/h3-5,10-11,15H,6-9H2,1-2H3,(H,16,17). The molecule has 2 unspecified atom stereocenters. The molecule has 2 N–H and O–H groups in total. The van der Waals surface area contributed by atoms with Gasteiger partial charge < -0.3 is 15.2 Å². The molecular formula is C14H21NO4S. The maximum atomic E-state index is 11.1. The second-order valence-corrected chi connectivity index (χ2v) is 6.33. The van der Waals surface area contributed by atoms with Gasteiger partial charge in [0, 0.05) is 28.9 Å². The molecule has 0 saturated carbocycles. The molecular weight excluding hydrogens is 278 g/mol. The van der Waals surface area contributed by atoms with Crippen molar-refractivity contribution in [3.63, 3.8) is 0 Å². The topological polar surface area (TPSA) is 75.6 Å². The average molecular weight is 299 g/mol. The molecule has 0 aliphatic carbocycles. The third kappa shape index (κ3) is 6.16. The van der Waals surface area contributed by atoms with E-state index in [9.17, 15) is 9.00 Å². The number of carboxylic acids is 1. The molecule has 1 rings (SSSR count). The van der Waals surface area contributed by atoms with E-state index in [1.165, 1.54) is 12.1 Å². The van der Waals surface area contributed by atoms with E-state index in [2.05, 4.69) is 5.32 Å². The van der Waals surface area contributed by atoms with Crippen LogP contribution in [0.3, 0.4) is 0 Å². The van der Waals surface area contributed by atoms with Crippen LogP contribution in [0.5, 0.6) is 5.75 Å². The summed E-state index contributed by atoms with van der Waals surface area (Å²) in [5.74, 6) is -0.412. The third-order valence-corrected chi connectivity index (χ3v) is 4.29. The van der Waals surface area contributed by atoms with Crippen LogP contribution in [0.4, 0.5) is 0 Å². The van der Waals surface area contributed by atoms with E-state index in [-0.39, 0.29) is 10.8 Å². The van der Waals surface area contributed by atoms with Crippen molar-refractivity contribution in [1.29, 1.82) is 0 Å². The highest BCUT2D eigenvalue weighted by Gasteiger charge is 2.05. The van der Waals surface area contributed by atoms with Crippen LogP contribution in [0.25, 0.3) is 0 Å². The molecule has 0 spiro atoms. The van der Waals surface area contributed by atoms with Crippen molar-refractivity contribution in [3.8, 4) is 5.75 Å². The van der Waals surface area contributed by atoms with Gasteiger partial charge in [0.1, 0.15) is 12.4 Å². The number of hydrogen-bond donors (Lipinski definition) is 2. The Morgan fingerprint density at radius 1 is 1.45 bits per heavy atom. The minimum atomic E-state index is -0.963. The van der Waals surface area contributed by atoms with Gasteiger partial charge >= 0.3 is 5.97 Å². The maximum absolute atomic E-state index is 11.1. The van der Waals surface area contributed by atoms with Gasteiger partial charge in [-0.15, -0.1) is 0 Å². The molecule has 0 aliphatic rings. The van der Waals surface area contributed by atoms with Gasteiger partial charge in [-0.25, -0.2) is 4.79 Å². The quantitative estimate of drug-likeness (QED) is 0.676. The van der Waals surface area contributed by atoms with E-state index >= 15 is 0 Å². The molecule has 0 amide bonds. The summed E-state index contributed by atoms with van der Waals surface area (Å²) in [4.78, 5) is 10.8. The van der Waals surface area contributed by atoms with Crippen LogP contribution in [-0.2, 0) is 10.8 Å². The molecule has 0 bridgehead atoms. The molecule has 0 aliphatic heterocycles. The summed E-state index contributed by atoms with van der Waals surface area (Å²) in [6.07, 6.45) is 2.57. The molecule has 0 heterocycles. The number of carboxylic acid groups (broad SMARTS) is 1. The molecule has 1 aromatic rings. The largest absolute Gasteiger partial charge is 0.492 e. The second kappa shape index (κ2) is 8.71. The number of carbonyl (C=O) groups is 1. The zero-order valence-electron chi connectivity index (χ0n) is 11.8. The predicted octanol–water partition coefficient (Wildman–Crippen LogP) is 1.51. The summed E-state index contributed by atoms with van der Waals surface area (Å²) < 4.78 is 16.6. The van der Waals surface area contributed by atoms with Crippen LogP contribution in [0.2, 0.25) is 0 Å².